The zero-order valence-electron chi connectivity index (χ0n) is 21.6. The van der Waals surface area contributed by atoms with E-state index in [0.717, 1.165) is 25.7 Å². The predicted octanol–water partition coefficient (Wildman–Crippen LogP) is 3.94. The number of unbranched alkanes of at least 4 members (excludes halogenated alkanes) is 4. The Morgan fingerprint density at radius 3 is 2.15 bits per heavy atom. The number of nitrogens with one attached hydrogen (secondary N) is 2. The standard InChI is InChI=1S/C26H43N3O5/c1-7-8-9-10-14-17-29(24(32)21(18-30)28-25(33)34-26(4,5)6)22(23(31)27-19(2)3)20-15-12-11-13-16-20/h11-13,15-16,19,21-22,30H,7-10,14,17-18H2,1-6H3,(H,27,31)(H,28,33). The Morgan fingerprint density at radius 1 is 1.00 bits per heavy atom. The first-order valence-electron chi connectivity index (χ1n) is 12.3. The fourth-order valence-electron chi connectivity index (χ4n) is 3.56. The van der Waals surface area contributed by atoms with E-state index in [1.165, 1.54) is 4.90 Å². The quantitative estimate of drug-likeness (QED) is 0.373. The summed E-state index contributed by atoms with van der Waals surface area (Å²) >= 11 is 0. The molecule has 0 heterocycles. The van der Waals surface area contributed by atoms with Crippen LogP contribution in [-0.4, -0.2) is 58.8 Å². The third-order valence-corrected chi connectivity index (χ3v) is 5.06. The van der Waals surface area contributed by atoms with E-state index in [1.54, 1.807) is 32.9 Å². The van der Waals surface area contributed by atoms with Crippen molar-refractivity contribution in [3.05, 3.63) is 35.9 Å². The molecule has 0 saturated carbocycles. The van der Waals surface area contributed by atoms with Crippen LogP contribution in [0.1, 0.15) is 85.3 Å². The number of carbonyl (C=O) groups excluding carboxylic acids is 3. The Kier molecular flexibility index (Phi) is 12.6. The molecule has 2 atom stereocenters. The Balaban J connectivity index is 3.26. The fraction of sp³-hybridized carbons (Fsp3) is 0.654. The Hall–Kier alpha value is -2.61. The first kappa shape index (κ1) is 29.4. The van der Waals surface area contributed by atoms with Gasteiger partial charge in [-0.3, -0.25) is 9.59 Å². The van der Waals surface area contributed by atoms with Crippen LogP contribution < -0.4 is 10.6 Å². The Labute approximate surface area is 204 Å². The molecule has 0 aliphatic rings. The van der Waals surface area contributed by atoms with Gasteiger partial charge >= 0.3 is 6.09 Å². The summed E-state index contributed by atoms with van der Waals surface area (Å²) in [6.45, 7) is 10.7. The van der Waals surface area contributed by atoms with Gasteiger partial charge in [0.15, 0.2) is 0 Å². The number of rotatable bonds is 13. The molecule has 0 radical (unpaired) electrons. The van der Waals surface area contributed by atoms with Gasteiger partial charge in [0.2, 0.25) is 11.8 Å². The van der Waals surface area contributed by atoms with Gasteiger partial charge in [-0.1, -0.05) is 62.9 Å². The smallest absolute Gasteiger partial charge is 0.408 e. The lowest BCUT2D eigenvalue weighted by atomic mass is 10.0. The highest BCUT2D eigenvalue weighted by Crippen LogP contribution is 2.24. The molecule has 1 aromatic carbocycles. The molecule has 8 nitrogen and oxygen atoms in total. The van der Waals surface area contributed by atoms with E-state index in [-0.39, 0.29) is 11.9 Å². The summed E-state index contributed by atoms with van der Waals surface area (Å²) in [5, 5.41) is 15.3. The molecule has 0 aliphatic carbocycles. The molecular formula is C26H43N3O5. The Bertz CT molecular complexity index is 761. The Morgan fingerprint density at radius 2 is 1.62 bits per heavy atom. The van der Waals surface area contributed by atoms with Crippen LogP contribution >= 0.6 is 0 Å². The minimum atomic E-state index is -1.23. The maximum absolute atomic E-state index is 13.6. The van der Waals surface area contributed by atoms with Gasteiger partial charge in [-0.25, -0.2) is 4.79 Å². The molecule has 1 rings (SSSR count). The monoisotopic (exact) mass is 477 g/mol. The number of ether oxygens (including phenoxy) is 1. The summed E-state index contributed by atoms with van der Waals surface area (Å²) in [6.07, 6.45) is 4.04. The summed E-state index contributed by atoms with van der Waals surface area (Å²) in [7, 11) is 0. The maximum atomic E-state index is 13.6. The van der Waals surface area contributed by atoms with Crippen LogP contribution in [0.15, 0.2) is 30.3 Å². The summed E-state index contributed by atoms with van der Waals surface area (Å²) < 4.78 is 5.26. The van der Waals surface area contributed by atoms with Crippen LogP contribution in [0.5, 0.6) is 0 Å². The van der Waals surface area contributed by atoms with Crippen LogP contribution in [0.3, 0.4) is 0 Å². The van der Waals surface area contributed by atoms with Crippen molar-refractivity contribution in [3.8, 4) is 0 Å². The van der Waals surface area contributed by atoms with Gasteiger partial charge in [-0.05, 0) is 46.6 Å². The SMILES string of the molecule is CCCCCCCN(C(=O)C(CO)NC(=O)OC(C)(C)C)C(C(=O)NC(C)C)c1ccccc1. The number of hydrogen-bond acceptors (Lipinski definition) is 5. The van der Waals surface area contributed by atoms with Crippen molar-refractivity contribution in [3.63, 3.8) is 0 Å². The van der Waals surface area contributed by atoms with Gasteiger partial charge in [0.25, 0.3) is 0 Å². The van der Waals surface area contributed by atoms with Gasteiger partial charge < -0.3 is 25.4 Å². The van der Waals surface area contributed by atoms with Crippen molar-refractivity contribution >= 4 is 17.9 Å². The average Bonchev–Trinajstić information content (AvgIpc) is 2.75. The molecule has 3 amide bonds. The normalized spacial score (nSPS) is 13.2. The lowest BCUT2D eigenvalue weighted by Gasteiger charge is -2.34. The highest BCUT2D eigenvalue weighted by Gasteiger charge is 2.36. The number of benzene rings is 1. The first-order chi connectivity index (χ1) is 16.0. The number of aliphatic hydroxyl groups excluding tert-OH is 1. The molecule has 8 heteroatoms. The topological polar surface area (TPSA) is 108 Å². The number of nitrogens with zero attached hydrogens (tertiary/aromatic N) is 1. The molecule has 0 bridgehead atoms. The highest BCUT2D eigenvalue weighted by atomic mass is 16.6. The average molecular weight is 478 g/mol. The van der Waals surface area contributed by atoms with Crippen LogP contribution in [0.2, 0.25) is 0 Å². The van der Waals surface area contributed by atoms with E-state index in [1.807, 2.05) is 32.0 Å². The number of amides is 3. The van der Waals surface area contributed by atoms with E-state index in [2.05, 4.69) is 17.6 Å². The minimum absolute atomic E-state index is 0.117. The van der Waals surface area contributed by atoms with Crippen LogP contribution in [0.25, 0.3) is 0 Å². The van der Waals surface area contributed by atoms with Crippen molar-refractivity contribution in [2.45, 2.75) is 97.4 Å². The number of alkyl carbamates (subject to hydrolysis) is 1. The molecule has 0 fully saturated rings. The van der Waals surface area contributed by atoms with E-state index in [9.17, 15) is 19.5 Å². The second kappa shape index (κ2) is 14.6. The molecule has 0 spiro atoms. The summed E-state index contributed by atoms with van der Waals surface area (Å²) in [6, 6.07) is 6.84. The van der Waals surface area contributed by atoms with Gasteiger partial charge in [0, 0.05) is 12.6 Å². The minimum Gasteiger partial charge on any atom is -0.444 e. The van der Waals surface area contributed by atoms with Crippen LogP contribution in [0.4, 0.5) is 4.79 Å². The zero-order valence-corrected chi connectivity index (χ0v) is 21.6. The maximum Gasteiger partial charge on any atom is 0.408 e. The van der Waals surface area contributed by atoms with Crippen molar-refractivity contribution in [2.24, 2.45) is 0 Å². The molecule has 0 aromatic heterocycles. The zero-order chi connectivity index (χ0) is 25.7. The van der Waals surface area contributed by atoms with Crippen molar-refractivity contribution < 1.29 is 24.2 Å². The molecule has 0 aliphatic heterocycles. The third-order valence-electron chi connectivity index (χ3n) is 5.06. The highest BCUT2D eigenvalue weighted by molar-refractivity contribution is 5.92. The van der Waals surface area contributed by atoms with Crippen molar-refractivity contribution in [1.82, 2.24) is 15.5 Å². The fourth-order valence-corrected chi connectivity index (χ4v) is 3.56. The number of hydrogen-bond donors (Lipinski definition) is 3. The molecule has 2 unspecified atom stereocenters. The summed E-state index contributed by atoms with van der Waals surface area (Å²) in [5.74, 6) is -0.839. The molecule has 0 saturated heterocycles. The first-order valence-corrected chi connectivity index (χ1v) is 12.3. The van der Waals surface area contributed by atoms with Gasteiger partial charge in [-0.15, -0.1) is 0 Å². The summed E-state index contributed by atoms with van der Waals surface area (Å²) in [5.41, 5.74) is -0.0907. The van der Waals surface area contributed by atoms with E-state index in [0.29, 0.717) is 18.5 Å². The van der Waals surface area contributed by atoms with Crippen molar-refractivity contribution in [1.29, 1.82) is 0 Å². The molecular weight excluding hydrogens is 434 g/mol. The van der Waals surface area contributed by atoms with E-state index >= 15 is 0 Å². The molecule has 3 N–H and O–H groups in total. The molecule has 34 heavy (non-hydrogen) atoms. The summed E-state index contributed by atoms with van der Waals surface area (Å²) in [4.78, 5) is 40.7. The number of carbonyl (C=O) groups is 3. The van der Waals surface area contributed by atoms with E-state index < -0.39 is 36.3 Å². The predicted molar refractivity (Wildman–Crippen MR) is 133 cm³/mol. The third kappa shape index (κ3) is 10.5. The second-order valence-corrected chi connectivity index (χ2v) is 9.80. The van der Waals surface area contributed by atoms with Crippen molar-refractivity contribution in [2.75, 3.05) is 13.2 Å². The number of aliphatic hydroxyl groups is 1. The molecule has 1 aromatic rings. The van der Waals surface area contributed by atoms with Gasteiger partial charge in [0.1, 0.15) is 17.7 Å². The van der Waals surface area contributed by atoms with Gasteiger partial charge in [0.05, 0.1) is 6.61 Å². The van der Waals surface area contributed by atoms with Crippen LogP contribution in [0, 0.1) is 0 Å². The van der Waals surface area contributed by atoms with E-state index in [4.69, 9.17) is 4.74 Å². The largest absolute Gasteiger partial charge is 0.444 e. The lowest BCUT2D eigenvalue weighted by Crippen LogP contribution is -2.55. The van der Waals surface area contributed by atoms with Gasteiger partial charge in [-0.2, -0.15) is 0 Å². The molecule has 192 valence electrons. The van der Waals surface area contributed by atoms with Crippen LogP contribution in [-0.2, 0) is 14.3 Å². The lowest BCUT2D eigenvalue weighted by molar-refractivity contribution is -0.143. The second-order valence-electron chi connectivity index (χ2n) is 9.80.